The second kappa shape index (κ2) is 7.65. The van der Waals surface area contributed by atoms with Crippen molar-refractivity contribution in [2.75, 3.05) is 26.4 Å². The molecular formula is C29H34N2O4. The minimum Gasteiger partial charge on any atom is -0.475 e. The molecule has 2 aliphatic heterocycles. The van der Waals surface area contributed by atoms with Crippen molar-refractivity contribution < 1.29 is 19.7 Å². The number of fused-ring (bicyclic) bond motifs is 4. The van der Waals surface area contributed by atoms with Gasteiger partial charge in [0.2, 0.25) is 11.8 Å². The molecule has 2 aromatic rings. The summed E-state index contributed by atoms with van der Waals surface area (Å²) in [5.41, 5.74) is 6.96. The third kappa shape index (κ3) is 3.22. The molecule has 184 valence electrons. The molecule has 0 bridgehead atoms. The van der Waals surface area contributed by atoms with Gasteiger partial charge in [0, 0.05) is 16.5 Å². The fraction of sp³-hybridized carbons (Fsp3) is 0.517. The highest BCUT2D eigenvalue weighted by molar-refractivity contribution is 6.00. The van der Waals surface area contributed by atoms with Crippen molar-refractivity contribution in [1.29, 1.82) is 0 Å². The molecule has 2 atom stereocenters. The van der Waals surface area contributed by atoms with Crippen LogP contribution in [0.1, 0.15) is 73.9 Å². The van der Waals surface area contributed by atoms with Crippen molar-refractivity contribution >= 4 is 11.8 Å². The van der Waals surface area contributed by atoms with Crippen LogP contribution in [-0.2, 0) is 25.7 Å². The molecule has 6 heteroatoms. The third-order valence-corrected chi connectivity index (χ3v) is 8.34. The van der Waals surface area contributed by atoms with Gasteiger partial charge in [-0.2, -0.15) is 0 Å². The number of benzene rings is 2. The summed E-state index contributed by atoms with van der Waals surface area (Å²) >= 11 is 0. The number of aliphatic hydroxyl groups is 2. The zero-order chi connectivity index (χ0) is 24.6. The Kier molecular flexibility index (Phi) is 4.97. The van der Waals surface area contributed by atoms with E-state index in [9.17, 15) is 10.2 Å². The number of aliphatic imine (C=N–C) groups is 2. The Morgan fingerprint density at radius 1 is 0.743 bits per heavy atom. The maximum atomic E-state index is 9.68. The lowest BCUT2D eigenvalue weighted by Crippen LogP contribution is -2.30. The van der Waals surface area contributed by atoms with Gasteiger partial charge >= 0.3 is 0 Å². The SMILES string of the molecule is CC1(C)CC2(CC(C)(C)c3cccc(C4=N[C@@H](CO)CO4)c32)c2c(C3=N[C@@H](CO)CO3)cccc21. The molecule has 0 unspecified atom stereocenters. The summed E-state index contributed by atoms with van der Waals surface area (Å²) < 4.78 is 12.1. The van der Waals surface area contributed by atoms with Gasteiger partial charge in [0.1, 0.15) is 25.3 Å². The molecule has 0 saturated heterocycles. The van der Waals surface area contributed by atoms with Crippen LogP contribution in [0.15, 0.2) is 46.4 Å². The lowest BCUT2D eigenvalue weighted by atomic mass is 9.70. The van der Waals surface area contributed by atoms with Crippen molar-refractivity contribution in [1.82, 2.24) is 0 Å². The molecule has 0 aromatic heterocycles. The fourth-order valence-corrected chi connectivity index (χ4v) is 7.17. The molecule has 6 rings (SSSR count). The van der Waals surface area contributed by atoms with Gasteiger partial charge < -0.3 is 19.7 Å². The van der Waals surface area contributed by atoms with Gasteiger partial charge in [0.15, 0.2) is 0 Å². The van der Waals surface area contributed by atoms with Gasteiger partial charge in [-0.25, -0.2) is 9.98 Å². The lowest BCUT2D eigenvalue weighted by Gasteiger charge is -2.32. The van der Waals surface area contributed by atoms with Gasteiger partial charge in [-0.05, 0) is 58.1 Å². The van der Waals surface area contributed by atoms with E-state index in [2.05, 4.69) is 64.1 Å². The van der Waals surface area contributed by atoms with Crippen LogP contribution in [0, 0.1) is 0 Å². The molecule has 4 aliphatic rings. The number of rotatable bonds is 4. The van der Waals surface area contributed by atoms with E-state index in [-0.39, 0.29) is 41.5 Å². The fourth-order valence-electron chi connectivity index (χ4n) is 7.17. The summed E-state index contributed by atoms with van der Waals surface area (Å²) in [5, 5.41) is 19.4. The minimum absolute atomic E-state index is 0.0155. The molecule has 0 radical (unpaired) electrons. The van der Waals surface area contributed by atoms with E-state index in [1.807, 2.05) is 0 Å². The van der Waals surface area contributed by atoms with Crippen LogP contribution < -0.4 is 0 Å². The van der Waals surface area contributed by atoms with Crippen LogP contribution in [0.4, 0.5) is 0 Å². The van der Waals surface area contributed by atoms with E-state index in [0.29, 0.717) is 25.0 Å². The molecule has 2 N–H and O–H groups in total. The highest BCUT2D eigenvalue weighted by Crippen LogP contribution is 2.64. The Labute approximate surface area is 206 Å². The van der Waals surface area contributed by atoms with E-state index in [1.54, 1.807) is 0 Å². The molecule has 6 nitrogen and oxygen atoms in total. The predicted molar refractivity (Wildman–Crippen MR) is 136 cm³/mol. The first kappa shape index (κ1) is 22.7. The topological polar surface area (TPSA) is 83.6 Å². The maximum absolute atomic E-state index is 9.68. The molecule has 2 heterocycles. The van der Waals surface area contributed by atoms with E-state index >= 15 is 0 Å². The van der Waals surface area contributed by atoms with Gasteiger partial charge in [-0.15, -0.1) is 0 Å². The molecule has 2 aliphatic carbocycles. The van der Waals surface area contributed by atoms with Crippen molar-refractivity contribution in [3.63, 3.8) is 0 Å². The largest absolute Gasteiger partial charge is 0.475 e. The Hall–Kier alpha value is -2.70. The van der Waals surface area contributed by atoms with E-state index in [1.165, 1.54) is 22.3 Å². The van der Waals surface area contributed by atoms with Crippen LogP contribution in [0.25, 0.3) is 0 Å². The summed E-state index contributed by atoms with van der Waals surface area (Å²) in [6, 6.07) is 12.5. The molecule has 0 fully saturated rings. The molecule has 0 amide bonds. The highest BCUT2D eigenvalue weighted by Gasteiger charge is 2.58. The van der Waals surface area contributed by atoms with Crippen LogP contribution in [0.3, 0.4) is 0 Å². The smallest absolute Gasteiger partial charge is 0.216 e. The van der Waals surface area contributed by atoms with E-state index in [0.717, 1.165) is 24.0 Å². The van der Waals surface area contributed by atoms with Crippen molar-refractivity contribution in [3.8, 4) is 0 Å². The Balaban J connectivity index is 1.63. The number of aliphatic hydroxyl groups excluding tert-OH is 2. The Bertz CT molecular complexity index is 1160. The van der Waals surface area contributed by atoms with Gasteiger partial charge in [0.05, 0.1) is 13.2 Å². The van der Waals surface area contributed by atoms with Crippen molar-refractivity contribution in [2.45, 2.75) is 68.9 Å². The normalized spacial score (nSPS) is 26.7. The van der Waals surface area contributed by atoms with Crippen LogP contribution in [0.2, 0.25) is 0 Å². The first-order valence-corrected chi connectivity index (χ1v) is 12.6. The molecule has 35 heavy (non-hydrogen) atoms. The number of nitrogens with zero attached hydrogens (tertiary/aromatic N) is 2. The highest BCUT2D eigenvalue weighted by atomic mass is 16.5. The predicted octanol–water partition coefficient (Wildman–Crippen LogP) is 3.61. The lowest BCUT2D eigenvalue weighted by molar-refractivity contribution is 0.227. The van der Waals surface area contributed by atoms with Crippen molar-refractivity contribution in [2.24, 2.45) is 9.98 Å². The first-order chi connectivity index (χ1) is 16.7. The minimum atomic E-state index is -0.253. The van der Waals surface area contributed by atoms with E-state index < -0.39 is 0 Å². The average molecular weight is 475 g/mol. The van der Waals surface area contributed by atoms with Gasteiger partial charge in [0.25, 0.3) is 0 Å². The Morgan fingerprint density at radius 3 is 1.54 bits per heavy atom. The monoisotopic (exact) mass is 474 g/mol. The van der Waals surface area contributed by atoms with Crippen LogP contribution in [-0.4, -0.2) is 60.5 Å². The van der Waals surface area contributed by atoms with Crippen LogP contribution in [0.5, 0.6) is 0 Å². The molecular weight excluding hydrogens is 440 g/mol. The zero-order valence-electron chi connectivity index (χ0n) is 21.0. The third-order valence-electron chi connectivity index (χ3n) is 8.34. The maximum Gasteiger partial charge on any atom is 0.216 e. The molecule has 1 spiro atoms. The second-order valence-corrected chi connectivity index (χ2v) is 11.8. The second-order valence-electron chi connectivity index (χ2n) is 11.8. The van der Waals surface area contributed by atoms with Crippen LogP contribution >= 0.6 is 0 Å². The van der Waals surface area contributed by atoms with Crippen molar-refractivity contribution in [3.05, 3.63) is 69.8 Å². The van der Waals surface area contributed by atoms with Gasteiger partial charge in [-0.3, -0.25) is 0 Å². The zero-order valence-corrected chi connectivity index (χ0v) is 21.0. The Morgan fingerprint density at radius 2 is 1.17 bits per heavy atom. The summed E-state index contributed by atoms with van der Waals surface area (Å²) in [6.07, 6.45) is 1.93. The summed E-state index contributed by atoms with van der Waals surface area (Å²) in [5.74, 6) is 1.27. The molecule has 2 aromatic carbocycles. The number of hydrogen-bond donors (Lipinski definition) is 2. The van der Waals surface area contributed by atoms with E-state index in [4.69, 9.17) is 19.5 Å². The number of ether oxygens (including phenoxy) is 2. The summed E-state index contributed by atoms with van der Waals surface area (Å²) in [4.78, 5) is 9.48. The quantitative estimate of drug-likeness (QED) is 0.709. The summed E-state index contributed by atoms with van der Waals surface area (Å²) in [6.45, 7) is 10.1. The first-order valence-electron chi connectivity index (χ1n) is 12.6. The van der Waals surface area contributed by atoms with Gasteiger partial charge in [-0.1, -0.05) is 52.0 Å². The average Bonchev–Trinajstić information content (AvgIpc) is 3.59. The molecule has 0 saturated carbocycles. The number of hydrogen-bond acceptors (Lipinski definition) is 6. The summed E-state index contributed by atoms with van der Waals surface area (Å²) in [7, 11) is 0. The standard InChI is InChI=1S/C29H34N2O4/c1-27(2)15-29(23-19(7-5-9-21(23)27)25-30-17(11-32)13-34-25)16-28(3,4)22-10-6-8-20(24(22)29)26-31-18(12-33)14-35-26/h5-10,17-18,32-33H,11-16H2,1-4H3/t17-,18-,29?/m0/s1.